The zero-order valence-electron chi connectivity index (χ0n) is 16.3. The molecule has 5 nitrogen and oxygen atoms in total. The number of nitrogens with one attached hydrogen (secondary N) is 1. The summed E-state index contributed by atoms with van der Waals surface area (Å²) < 4.78 is 25.3. The van der Waals surface area contributed by atoms with Crippen LogP contribution in [-0.2, 0) is 16.1 Å². The molecule has 1 heterocycles. The summed E-state index contributed by atoms with van der Waals surface area (Å²) in [5, 5.41) is 3.21. The molecule has 0 fully saturated rings. The summed E-state index contributed by atoms with van der Waals surface area (Å²) in [7, 11) is 1.50. The third kappa shape index (κ3) is 4.81. The first-order chi connectivity index (χ1) is 14.0. The summed E-state index contributed by atoms with van der Waals surface area (Å²) in [6.45, 7) is 2.54. The predicted octanol–water partition coefficient (Wildman–Crippen LogP) is 5.40. The van der Waals surface area contributed by atoms with Crippen molar-refractivity contribution in [3.05, 3.63) is 64.3 Å². The number of halogens is 1. The Bertz CT molecular complexity index is 1010. The molecule has 0 unspecified atom stereocenters. The maximum absolute atomic E-state index is 14.3. The summed E-state index contributed by atoms with van der Waals surface area (Å²) in [6, 6.07) is 11.2. The fraction of sp³-hybridized carbons (Fsp3) is 0.273. The number of unbranched alkanes of at least 4 members (excludes halogenated alkanes) is 1. The van der Waals surface area contributed by atoms with Crippen LogP contribution in [0.4, 0.5) is 10.1 Å². The third-order valence-electron chi connectivity index (χ3n) is 4.37. The number of anilines is 1. The molecule has 0 aliphatic heterocycles. The summed E-state index contributed by atoms with van der Waals surface area (Å²) in [6.07, 6.45) is 1.77. The van der Waals surface area contributed by atoms with Gasteiger partial charge in [-0.25, -0.2) is 9.18 Å². The molecule has 2 aromatic carbocycles. The van der Waals surface area contributed by atoms with Gasteiger partial charge in [0.05, 0.1) is 23.7 Å². The van der Waals surface area contributed by atoms with Gasteiger partial charge in [-0.15, -0.1) is 11.3 Å². The number of ether oxygens (including phenoxy) is 2. The summed E-state index contributed by atoms with van der Waals surface area (Å²) in [5.74, 6) is -1.12. The molecule has 0 radical (unpaired) electrons. The van der Waals surface area contributed by atoms with Crippen molar-refractivity contribution < 1.29 is 23.5 Å². The molecule has 29 heavy (non-hydrogen) atoms. The van der Waals surface area contributed by atoms with Gasteiger partial charge in [0.2, 0.25) is 0 Å². The number of fused-ring (bicyclic) bond motifs is 1. The van der Waals surface area contributed by atoms with Crippen LogP contribution in [0.15, 0.2) is 42.5 Å². The number of rotatable bonds is 8. The molecule has 0 saturated heterocycles. The molecular formula is C22H22FNO4S. The number of carbonyl (C=O) groups is 2. The van der Waals surface area contributed by atoms with Gasteiger partial charge in [0.15, 0.2) is 0 Å². The Labute approximate surface area is 172 Å². The lowest BCUT2D eigenvalue weighted by Gasteiger charge is -2.08. The van der Waals surface area contributed by atoms with Gasteiger partial charge < -0.3 is 14.8 Å². The fourth-order valence-electron chi connectivity index (χ4n) is 2.90. The molecule has 0 atom stereocenters. The molecule has 1 amide bonds. The van der Waals surface area contributed by atoms with Crippen LogP contribution in [0.3, 0.4) is 0 Å². The van der Waals surface area contributed by atoms with E-state index in [9.17, 15) is 14.0 Å². The average molecular weight is 415 g/mol. The van der Waals surface area contributed by atoms with Crippen LogP contribution in [0.2, 0.25) is 0 Å². The second kappa shape index (κ2) is 9.62. The Morgan fingerprint density at radius 3 is 2.59 bits per heavy atom. The molecule has 3 aromatic rings. The molecule has 1 aromatic heterocycles. The van der Waals surface area contributed by atoms with Gasteiger partial charge >= 0.3 is 5.97 Å². The van der Waals surface area contributed by atoms with Gasteiger partial charge in [-0.3, -0.25) is 4.79 Å². The molecule has 1 N–H and O–H groups in total. The van der Waals surface area contributed by atoms with E-state index < -0.39 is 5.97 Å². The zero-order chi connectivity index (χ0) is 20.8. The molecule has 0 aliphatic rings. The van der Waals surface area contributed by atoms with Gasteiger partial charge in [0, 0.05) is 28.4 Å². The van der Waals surface area contributed by atoms with E-state index in [1.54, 1.807) is 36.4 Å². The quantitative estimate of drug-likeness (QED) is 0.395. The standard InChI is InChI=1S/C22H22FNO4S/c1-3-4-12-28-22(26)14-8-10-15(11-9-14)24-21(25)20-16(13-27-2)19-17(23)6-5-7-18(19)29-20/h5-11H,3-4,12-13H2,1-2H3,(H,24,25). The van der Waals surface area contributed by atoms with Gasteiger partial charge in [-0.2, -0.15) is 0 Å². The monoisotopic (exact) mass is 415 g/mol. The average Bonchev–Trinajstić information content (AvgIpc) is 3.09. The Morgan fingerprint density at radius 1 is 1.14 bits per heavy atom. The minimum Gasteiger partial charge on any atom is -0.462 e. The lowest BCUT2D eigenvalue weighted by atomic mass is 10.1. The number of esters is 1. The van der Waals surface area contributed by atoms with Gasteiger partial charge in [0.25, 0.3) is 5.91 Å². The Morgan fingerprint density at radius 2 is 1.90 bits per heavy atom. The number of hydrogen-bond donors (Lipinski definition) is 1. The molecule has 0 saturated carbocycles. The van der Waals surface area contributed by atoms with Crippen LogP contribution in [0.5, 0.6) is 0 Å². The van der Waals surface area contributed by atoms with Crippen LogP contribution in [0.1, 0.15) is 45.4 Å². The van der Waals surface area contributed by atoms with Crippen molar-refractivity contribution in [3.63, 3.8) is 0 Å². The largest absolute Gasteiger partial charge is 0.462 e. The lowest BCUT2D eigenvalue weighted by Crippen LogP contribution is -2.13. The Kier molecular flexibility index (Phi) is 6.95. The van der Waals surface area contributed by atoms with Crippen molar-refractivity contribution >= 4 is 39.0 Å². The first kappa shape index (κ1) is 21.0. The van der Waals surface area contributed by atoms with Crippen LogP contribution in [0, 0.1) is 5.82 Å². The molecule has 0 spiro atoms. The molecular weight excluding hydrogens is 393 g/mol. The first-order valence-corrected chi connectivity index (χ1v) is 10.1. The predicted molar refractivity (Wildman–Crippen MR) is 112 cm³/mol. The maximum Gasteiger partial charge on any atom is 0.338 e. The highest BCUT2D eigenvalue weighted by Gasteiger charge is 2.21. The van der Waals surface area contributed by atoms with Crippen LogP contribution >= 0.6 is 11.3 Å². The second-order valence-electron chi connectivity index (χ2n) is 6.48. The first-order valence-electron chi connectivity index (χ1n) is 9.32. The van der Waals surface area contributed by atoms with Crippen molar-refractivity contribution in [2.45, 2.75) is 26.4 Å². The Balaban J connectivity index is 1.77. The van der Waals surface area contributed by atoms with Crippen LogP contribution in [0.25, 0.3) is 10.1 Å². The fourth-order valence-corrected chi connectivity index (χ4v) is 4.02. The normalized spacial score (nSPS) is 10.9. The second-order valence-corrected chi connectivity index (χ2v) is 7.53. The van der Waals surface area contributed by atoms with E-state index in [4.69, 9.17) is 9.47 Å². The summed E-state index contributed by atoms with van der Waals surface area (Å²) >= 11 is 1.22. The van der Waals surface area contributed by atoms with E-state index >= 15 is 0 Å². The summed E-state index contributed by atoms with van der Waals surface area (Å²) in [4.78, 5) is 25.2. The number of methoxy groups -OCH3 is 1. The smallest absolute Gasteiger partial charge is 0.338 e. The van der Waals surface area contributed by atoms with Crippen molar-refractivity contribution in [1.82, 2.24) is 0 Å². The van der Waals surface area contributed by atoms with Crippen molar-refractivity contribution in [3.8, 4) is 0 Å². The zero-order valence-corrected chi connectivity index (χ0v) is 17.1. The van der Waals surface area contributed by atoms with Crippen molar-refractivity contribution in [2.24, 2.45) is 0 Å². The van der Waals surface area contributed by atoms with Gasteiger partial charge in [0.1, 0.15) is 5.82 Å². The highest BCUT2D eigenvalue weighted by molar-refractivity contribution is 7.21. The van der Waals surface area contributed by atoms with Crippen molar-refractivity contribution in [2.75, 3.05) is 19.0 Å². The third-order valence-corrected chi connectivity index (χ3v) is 5.56. The Hall–Kier alpha value is -2.77. The van der Waals surface area contributed by atoms with E-state index in [0.717, 1.165) is 12.8 Å². The number of thiophene rings is 1. The molecule has 0 bridgehead atoms. The number of amides is 1. The number of carbonyl (C=O) groups excluding carboxylic acids is 2. The molecule has 3 rings (SSSR count). The van der Waals surface area contributed by atoms with Gasteiger partial charge in [-0.05, 0) is 42.8 Å². The minimum atomic E-state index is -0.390. The SMILES string of the molecule is CCCCOC(=O)c1ccc(NC(=O)c2sc3cccc(F)c3c2COC)cc1. The van der Waals surface area contributed by atoms with E-state index in [0.29, 0.717) is 38.4 Å². The summed E-state index contributed by atoms with van der Waals surface area (Å²) in [5.41, 5.74) is 1.48. The van der Waals surface area contributed by atoms with E-state index in [1.807, 2.05) is 6.92 Å². The van der Waals surface area contributed by atoms with E-state index in [2.05, 4.69) is 5.32 Å². The van der Waals surface area contributed by atoms with Crippen LogP contribution < -0.4 is 5.32 Å². The number of benzene rings is 2. The van der Waals surface area contributed by atoms with E-state index in [-0.39, 0.29) is 18.3 Å². The lowest BCUT2D eigenvalue weighted by molar-refractivity contribution is 0.0499. The highest BCUT2D eigenvalue weighted by Crippen LogP contribution is 2.34. The van der Waals surface area contributed by atoms with Gasteiger partial charge in [-0.1, -0.05) is 19.4 Å². The maximum atomic E-state index is 14.3. The molecule has 152 valence electrons. The number of hydrogen-bond acceptors (Lipinski definition) is 5. The van der Waals surface area contributed by atoms with E-state index in [1.165, 1.54) is 24.5 Å². The molecule has 0 aliphatic carbocycles. The minimum absolute atomic E-state index is 0.131. The molecule has 7 heteroatoms. The van der Waals surface area contributed by atoms with Crippen molar-refractivity contribution in [1.29, 1.82) is 0 Å². The van der Waals surface area contributed by atoms with Crippen LogP contribution in [-0.4, -0.2) is 25.6 Å². The highest BCUT2D eigenvalue weighted by atomic mass is 32.1. The topological polar surface area (TPSA) is 64.6 Å².